The predicted octanol–water partition coefficient (Wildman–Crippen LogP) is 3.25. The first kappa shape index (κ1) is 20.9. The van der Waals surface area contributed by atoms with E-state index in [-0.39, 0.29) is 36.0 Å². The molecular weight excluding hydrogens is 399 g/mol. The molecule has 0 radical (unpaired) electrons. The number of thiazole rings is 1. The van der Waals surface area contributed by atoms with Gasteiger partial charge in [-0.1, -0.05) is 23.5 Å². The van der Waals surface area contributed by atoms with Gasteiger partial charge in [-0.2, -0.15) is 0 Å². The van der Waals surface area contributed by atoms with E-state index in [0.29, 0.717) is 16.1 Å². The molecular formula is C20H21FN2O5S. The lowest BCUT2D eigenvalue weighted by Crippen LogP contribution is -2.34. The van der Waals surface area contributed by atoms with Crippen molar-refractivity contribution in [1.29, 1.82) is 0 Å². The number of ether oxygens (including phenoxy) is 2. The van der Waals surface area contributed by atoms with Crippen molar-refractivity contribution in [2.24, 2.45) is 5.92 Å². The molecule has 0 bridgehead atoms. The third-order valence-electron chi connectivity index (χ3n) is 4.28. The molecule has 7 nitrogen and oxygen atoms in total. The Labute approximate surface area is 171 Å². The smallest absolute Gasteiger partial charge is 0.350 e. The van der Waals surface area contributed by atoms with Crippen LogP contribution >= 0.6 is 11.3 Å². The third kappa shape index (κ3) is 5.38. The number of anilines is 1. The zero-order valence-corrected chi connectivity index (χ0v) is 17.0. The zero-order valence-electron chi connectivity index (χ0n) is 16.1. The molecule has 1 aromatic heterocycles. The maximum atomic E-state index is 13.2. The van der Waals surface area contributed by atoms with Crippen LogP contribution in [0.15, 0.2) is 24.3 Å². The fourth-order valence-electron chi connectivity index (χ4n) is 2.57. The number of amides is 1. The van der Waals surface area contributed by atoms with Crippen LogP contribution in [-0.4, -0.2) is 36.0 Å². The molecule has 0 unspecified atom stereocenters. The van der Waals surface area contributed by atoms with Crippen LogP contribution in [0.3, 0.4) is 0 Å². The van der Waals surface area contributed by atoms with Gasteiger partial charge in [-0.3, -0.25) is 14.5 Å². The number of hydrogen-bond acceptors (Lipinski definition) is 7. The number of esters is 2. The Balaban J connectivity index is 1.82. The third-order valence-corrected chi connectivity index (χ3v) is 5.44. The van der Waals surface area contributed by atoms with Gasteiger partial charge >= 0.3 is 11.9 Å². The van der Waals surface area contributed by atoms with Gasteiger partial charge in [-0.25, -0.2) is 14.2 Å². The highest BCUT2D eigenvalue weighted by Gasteiger charge is 2.32. The molecule has 1 aromatic carbocycles. The number of carbonyl (C=O) groups excluding carboxylic acids is 3. The largest absolute Gasteiger partial charge is 0.462 e. The summed E-state index contributed by atoms with van der Waals surface area (Å²) in [5.41, 5.74) is 1.11. The first-order chi connectivity index (χ1) is 13.9. The minimum atomic E-state index is -0.511. The van der Waals surface area contributed by atoms with E-state index in [1.807, 2.05) is 0 Å². The van der Waals surface area contributed by atoms with Crippen LogP contribution in [0.1, 0.15) is 40.7 Å². The number of aryl methyl sites for hydroxylation is 1. The topological polar surface area (TPSA) is 85.8 Å². The quantitative estimate of drug-likeness (QED) is 0.610. The maximum absolute atomic E-state index is 13.2. The van der Waals surface area contributed by atoms with Crippen LogP contribution in [0.25, 0.3) is 0 Å². The minimum absolute atomic E-state index is 0.0926. The molecule has 1 amide bonds. The van der Waals surface area contributed by atoms with Crippen molar-refractivity contribution in [2.45, 2.75) is 33.2 Å². The summed E-state index contributed by atoms with van der Waals surface area (Å²) in [5, 5.41) is 0.280. The number of benzene rings is 1. The first-order valence-corrected chi connectivity index (χ1v) is 10.1. The van der Waals surface area contributed by atoms with Crippen molar-refractivity contribution in [3.8, 4) is 0 Å². The highest BCUT2D eigenvalue weighted by Crippen LogP contribution is 2.31. The maximum Gasteiger partial charge on any atom is 0.350 e. The fraction of sp³-hybridized carbons (Fsp3) is 0.400. The Bertz CT molecular complexity index is 908. The van der Waals surface area contributed by atoms with Crippen LogP contribution < -0.4 is 4.90 Å². The van der Waals surface area contributed by atoms with Gasteiger partial charge in [0, 0.05) is 0 Å². The molecule has 1 aliphatic rings. The second-order valence-corrected chi connectivity index (χ2v) is 7.60. The number of aromatic nitrogens is 1. The monoisotopic (exact) mass is 420 g/mol. The summed E-state index contributed by atoms with van der Waals surface area (Å²) in [6.45, 7) is 3.24. The Morgan fingerprint density at radius 3 is 2.52 bits per heavy atom. The van der Waals surface area contributed by atoms with Gasteiger partial charge in [-0.05, 0) is 44.4 Å². The van der Waals surface area contributed by atoms with E-state index >= 15 is 0 Å². The molecule has 29 heavy (non-hydrogen) atoms. The molecule has 9 heteroatoms. The van der Waals surface area contributed by atoms with Gasteiger partial charge in [0.25, 0.3) is 5.91 Å². The Morgan fingerprint density at radius 1 is 1.21 bits per heavy atom. The van der Waals surface area contributed by atoms with Crippen molar-refractivity contribution < 1.29 is 28.2 Å². The molecule has 1 fully saturated rings. The highest BCUT2D eigenvalue weighted by molar-refractivity contribution is 7.17. The van der Waals surface area contributed by atoms with Crippen molar-refractivity contribution in [3.63, 3.8) is 0 Å². The Hall–Kier alpha value is -2.81. The molecule has 0 N–H and O–H groups in total. The van der Waals surface area contributed by atoms with E-state index in [1.165, 1.54) is 17.0 Å². The first-order valence-electron chi connectivity index (χ1n) is 9.25. The summed E-state index contributed by atoms with van der Waals surface area (Å²) in [4.78, 5) is 42.6. The second kappa shape index (κ2) is 9.13. The second-order valence-electron chi connectivity index (χ2n) is 6.62. The lowest BCUT2D eigenvalue weighted by atomic mass is 10.2. The number of nitrogens with zero attached hydrogens (tertiary/aromatic N) is 2. The van der Waals surface area contributed by atoms with Gasteiger partial charge in [0.05, 0.1) is 24.8 Å². The molecule has 0 saturated heterocycles. The number of hydrogen-bond donors (Lipinski definition) is 0. The molecule has 1 saturated carbocycles. The molecule has 2 aromatic rings. The number of carbonyl (C=O) groups is 3. The molecule has 0 aliphatic heterocycles. The van der Waals surface area contributed by atoms with Gasteiger partial charge in [0.2, 0.25) is 0 Å². The lowest BCUT2D eigenvalue weighted by Gasteiger charge is -2.20. The average molecular weight is 420 g/mol. The van der Waals surface area contributed by atoms with Crippen molar-refractivity contribution in [2.75, 3.05) is 18.1 Å². The molecule has 0 atom stereocenters. The zero-order chi connectivity index (χ0) is 21.0. The lowest BCUT2D eigenvalue weighted by molar-refractivity contribution is -0.149. The van der Waals surface area contributed by atoms with E-state index in [4.69, 9.17) is 9.47 Å². The number of rotatable bonds is 8. The standard InChI is InChI=1S/C20H21FN2O5S/c1-3-27-19(26)17-12(2)22-20(29-17)23(10-13-4-8-15(21)9-5-13)16(24)11-28-18(25)14-6-7-14/h4-5,8-9,14H,3,6-7,10-11H2,1-2H3. The summed E-state index contributed by atoms with van der Waals surface area (Å²) in [6, 6.07) is 5.70. The summed E-state index contributed by atoms with van der Waals surface area (Å²) < 4.78 is 23.3. The van der Waals surface area contributed by atoms with E-state index < -0.39 is 18.5 Å². The molecule has 154 valence electrons. The minimum Gasteiger partial charge on any atom is -0.462 e. The summed E-state index contributed by atoms with van der Waals surface area (Å²) >= 11 is 1.02. The molecule has 0 spiro atoms. The fourth-order valence-corrected chi connectivity index (χ4v) is 3.54. The van der Waals surface area contributed by atoms with E-state index in [1.54, 1.807) is 26.0 Å². The molecule has 1 aliphatic carbocycles. The molecule has 3 rings (SSSR count). The van der Waals surface area contributed by atoms with Crippen LogP contribution in [0, 0.1) is 18.7 Å². The molecule has 1 heterocycles. The summed E-state index contributed by atoms with van der Waals surface area (Å²) in [7, 11) is 0. The van der Waals surface area contributed by atoms with Crippen molar-refractivity contribution >= 4 is 34.3 Å². The van der Waals surface area contributed by atoms with E-state index in [2.05, 4.69) is 4.98 Å². The van der Waals surface area contributed by atoms with Gasteiger partial charge in [0.15, 0.2) is 11.7 Å². The Morgan fingerprint density at radius 2 is 1.90 bits per heavy atom. The van der Waals surface area contributed by atoms with Gasteiger partial charge in [-0.15, -0.1) is 0 Å². The highest BCUT2D eigenvalue weighted by atomic mass is 32.1. The van der Waals surface area contributed by atoms with Crippen LogP contribution in [0.5, 0.6) is 0 Å². The van der Waals surface area contributed by atoms with Crippen LogP contribution in [-0.2, 0) is 25.6 Å². The van der Waals surface area contributed by atoms with Crippen molar-refractivity contribution in [3.05, 3.63) is 46.2 Å². The predicted molar refractivity (Wildman–Crippen MR) is 104 cm³/mol. The SMILES string of the molecule is CCOC(=O)c1sc(N(Cc2ccc(F)cc2)C(=O)COC(=O)C2CC2)nc1C. The van der Waals surface area contributed by atoms with E-state index in [9.17, 15) is 18.8 Å². The van der Waals surface area contributed by atoms with Gasteiger partial charge < -0.3 is 9.47 Å². The van der Waals surface area contributed by atoms with Crippen LogP contribution in [0.2, 0.25) is 0 Å². The van der Waals surface area contributed by atoms with Crippen LogP contribution in [0.4, 0.5) is 9.52 Å². The number of halogens is 1. The average Bonchev–Trinajstić information content (AvgIpc) is 3.48. The Kier molecular flexibility index (Phi) is 6.58. The van der Waals surface area contributed by atoms with E-state index in [0.717, 1.165) is 24.2 Å². The summed E-state index contributed by atoms with van der Waals surface area (Å²) in [5.74, 6) is -1.89. The van der Waals surface area contributed by atoms with Gasteiger partial charge in [0.1, 0.15) is 10.7 Å². The summed E-state index contributed by atoms with van der Waals surface area (Å²) in [6.07, 6.45) is 1.56. The normalized spacial score (nSPS) is 13.1. The van der Waals surface area contributed by atoms with Crippen molar-refractivity contribution in [1.82, 2.24) is 4.98 Å².